The van der Waals surface area contributed by atoms with Gasteiger partial charge in [0.15, 0.2) is 5.65 Å². The number of aromatic nitrogens is 6. The summed E-state index contributed by atoms with van der Waals surface area (Å²) in [7, 11) is 0. The van der Waals surface area contributed by atoms with E-state index in [4.69, 9.17) is 10.5 Å². The number of ether oxygens (including phenoxy) is 1. The van der Waals surface area contributed by atoms with E-state index in [1.54, 1.807) is 6.92 Å². The summed E-state index contributed by atoms with van der Waals surface area (Å²) in [5.74, 6) is -1.25. The molecule has 0 aromatic carbocycles. The van der Waals surface area contributed by atoms with Crippen LogP contribution in [0.4, 0.5) is 16.3 Å². The Morgan fingerprint density at radius 2 is 2.19 bits per heavy atom. The molecule has 0 aliphatic carbocycles. The SMILES string of the molecule is CCOc1nc(NC(=O)[C@H](CC)Sc2nc(N)nc3nc[nH]c23)ncc1F. The van der Waals surface area contributed by atoms with Crippen LogP contribution in [0.25, 0.3) is 11.2 Å². The number of aromatic amines is 1. The van der Waals surface area contributed by atoms with Gasteiger partial charge in [0.2, 0.25) is 23.6 Å². The second-order valence-electron chi connectivity index (χ2n) is 5.27. The molecule has 10 nitrogen and oxygen atoms in total. The fourth-order valence-corrected chi connectivity index (χ4v) is 3.22. The Labute approximate surface area is 157 Å². The van der Waals surface area contributed by atoms with Crippen molar-refractivity contribution in [1.82, 2.24) is 29.9 Å². The van der Waals surface area contributed by atoms with Crippen LogP contribution in [0.1, 0.15) is 20.3 Å². The van der Waals surface area contributed by atoms with Crippen molar-refractivity contribution < 1.29 is 13.9 Å². The highest BCUT2D eigenvalue weighted by molar-refractivity contribution is 8.00. The number of anilines is 2. The summed E-state index contributed by atoms with van der Waals surface area (Å²) in [4.78, 5) is 35.4. The minimum absolute atomic E-state index is 0.0437. The van der Waals surface area contributed by atoms with Crippen LogP contribution in [0.5, 0.6) is 5.88 Å². The molecule has 0 radical (unpaired) electrons. The van der Waals surface area contributed by atoms with Crippen LogP contribution in [0.2, 0.25) is 0 Å². The van der Waals surface area contributed by atoms with Crippen LogP contribution in [-0.4, -0.2) is 47.7 Å². The van der Waals surface area contributed by atoms with Gasteiger partial charge in [0.05, 0.1) is 24.4 Å². The van der Waals surface area contributed by atoms with Crippen molar-refractivity contribution in [2.24, 2.45) is 0 Å². The summed E-state index contributed by atoms with van der Waals surface area (Å²) in [5, 5.41) is 2.55. The number of nitrogens with zero attached hydrogens (tertiary/aromatic N) is 5. The van der Waals surface area contributed by atoms with Gasteiger partial charge in [-0.25, -0.2) is 15.0 Å². The van der Waals surface area contributed by atoms with Crippen LogP contribution < -0.4 is 15.8 Å². The monoisotopic (exact) mass is 392 g/mol. The predicted octanol–water partition coefficient (Wildman–Crippen LogP) is 1.77. The third-order valence-corrected chi connectivity index (χ3v) is 4.77. The second-order valence-corrected chi connectivity index (χ2v) is 6.46. The molecule has 142 valence electrons. The molecule has 12 heteroatoms. The average Bonchev–Trinajstić information content (AvgIpc) is 3.10. The van der Waals surface area contributed by atoms with Gasteiger partial charge in [-0.1, -0.05) is 18.7 Å². The summed E-state index contributed by atoms with van der Waals surface area (Å²) in [6, 6.07) is 0. The summed E-state index contributed by atoms with van der Waals surface area (Å²) in [6.07, 6.45) is 2.92. The zero-order chi connectivity index (χ0) is 19.4. The summed E-state index contributed by atoms with van der Waals surface area (Å²) < 4.78 is 18.6. The Morgan fingerprint density at radius 1 is 1.37 bits per heavy atom. The van der Waals surface area contributed by atoms with E-state index in [0.29, 0.717) is 22.6 Å². The molecule has 0 fully saturated rings. The van der Waals surface area contributed by atoms with E-state index < -0.39 is 11.1 Å². The number of imidazole rings is 1. The molecule has 0 saturated heterocycles. The van der Waals surface area contributed by atoms with E-state index in [1.807, 2.05) is 6.92 Å². The number of nitrogens with one attached hydrogen (secondary N) is 2. The lowest BCUT2D eigenvalue weighted by atomic mass is 10.3. The predicted molar refractivity (Wildman–Crippen MR) is 97.8 cm³/mol. The number of nitrogen functional groups attached to an aromatic ring is 1. The molecule has 0 aliphatic rings. The lowest BCUT2D eigenvalue weighted by Gasteiger charge is -2.14. The van der Waals surface area contributed by atoms with Crippen molar-refractivity contribution in [3.05, 3.63) is 18.3 Å². The molecule has 0 aliphatic heterocycles. The zero-order valence-electron chi connectivity index (χ0n) is 14.6. The van der Waals surface area contributed by atoms with Crippen molar-refractivity contribution in [3.63, 3.8) is 0 Å². The molecule has 3 rings (SSSR count). The van der Waals surface area contributed by atoms with Gasteiger partial charge < -0.3 is 15.5 Å². The Morgan fingerprint density at radius 3 is 2.93 bits per heavy atom. The number of amides is 1. The van der Waals surface area contributed by atoms with Gasteiger partial charge in [-0.05, 0) is 13.3 Å². The highest BCUT2D eigenvalue weighted by Gasteiger charge is 2.22. The Hall–Kier alpha value is -3.02. The van der Waals surface area contributed by atoms with Crippen molar-refractivity contribution in [1.29, 1.82) is 0 Å². The molecule has 3 aromatic heterocycles. The third kappa shape index (κ3) is 4.22. The Balaban J connectivity index is 1.78. The van der Waals surface area contributed by atoms with Crippen LogP contribution in [-0.2, 0) is 4.79 Å². The van der Waals surface area contributed by atoms with Crippen molar-refractivity contribution in [2.45, 2.75) is 30.5 Å². The quantitative estimate of drug-likeness (QED) is 0.404. The zero-order valence-corrected chi connectivity index (χ0v) is 15.4. The molecule has 3 aromatic rings. The van der Waals surface area contributed by atoms with Crippen molar-refractivity contribution >= 4 is 40.7 Å². The number of carbonyl (C=O) groups is 1. The van der Waals surface area contributed by atoms with Gasteiger partial charge in [-0.2, -0.15) is 14.4 Å². The topological polar surface area (TPSA) is 145 Å². The molecular formula is C15H17FN8O2S. The first-order valence-electron chi connectivity index (χ1n) is 8.11. The van der Waals surface area contributed by atoms with E-state index >= 15 is 0 Å². The fraction of sp³-hybridized carbons (Fsp3) is 0.333. The summed E-state index contributed by atoms with van der Waals surface area (Å²) in [6.45, 7) is 3.79. The van der Waals surface area contributed by atoms with Gasteiger partial charge in [0.25, 0.3) is 5.88 Å². The van der Waals surface area contributed by atoms with Gasteiger partial charge in [0.1, 0.15) is 10.5 Å². The van der Waals surface area contributed by atoms with E-state index in [2.05, 4.69) is 35.2 Å². The molecule has 0 bridgehead atoms. The van der Waals surface area contributed by atoms with E-state index in [9.17, 15) is 9.18 Å². The number of hydrogen-bond donors (Lipinski definition) is 3. The van der Waals surface area contributed by atoms with Crippen LogP contribution in [0.3, 0.4) is 0 Å². The lowest BCUT2D eigenvalue weighted by molar-refractivity contribution is -0.115. The van der Waals surface area contributed by atoms with Crippen LogP contribution in [0.15, 0.2) is 17.6 Å². The van der Waals surface area contributed by atoms with Crippen molar-refractivity contribution in [3.8, 4) is 5.88 Å². The second kappa shape index (κ2) is 8.12. The molecule has 3 heterocycles. The first kappa shape index (κ1) is 18.8. The molecule has 1 amide bonds. The molecule has 1 atom stereocenters. The fourth-order valence-electron chi connectivity index (χ4n) is 2.21. The molecule has 4 N–H and O–H groups in total. The molecule has 27 heavy (non-hydrogen) atoms. The largest absolute Gasteiger partial charge is 0.476 e. The first-order chi connectivity index (χ1) is 13.0. The molecule has 0 unspecified atom stereocenters. The number of H-pyrrole nitrogens is 1. The number of rotatable bonds is 7. The van der Waals surface area contributed by atoms with Crippen molar-refractivity contribution in [2.75, 3.05) is 17.7 Å². The van der Waals surface area contributed by atoms with E-state index in [0.717, 1.165) is 6.20 Å². The molecule has 0 saturated carbocycles. The minimum atomic E-state index is -0.700. The number of thioether (sulfide) groups is 1. The van der Waals surface area contributed by atoms with E-state index in [1.165, 1.54) is 18.1 Å². The number of carbonyl (C=O) groups excluding carboxylic acids is 1. The summed E-state index contributed by atoms with van der Waals surface area (Å²) >= 11 is 1.21. The Kier molecular flexibility index (Phi) is 5.64. The smallest absolute Gasteiger partial charge is 0.255 e. The number of nitrogens with two attached hydrogens (primary N) is 1. The van der Waals surface area contributed by atoms with Crippen LogP contribution >= 0.6 is 11.8 Å². The molecule has 0 spiro atoms. The number of fused-ring (bicyclic) bond motifs is 1. The highest BCUT2D eigenvalue weighted by atomic mass is 32.2. The third-order valence-electron chi connectivity index (χ3n) is 3.41. The first-order valence-corrected chi connectivity index (χ1v) is 8.99. The standard InChI is InChI=1S/C15H17FN8O2S/c1-3-8(27-13-9-10(20-6-19-9)21-14(17)24-13)11(25)22-15-18-5-7(16)12(23-15)26-4-2/h5-6,8H,3-4H2,1-2H3,(H,18,22,23,25)(H3,17,19,20,21,24)/t8-/m0/s1. The van der Waals surface area contributed by atoms with Gasteiger partial charge in [-0.15, -0.1) is 0 Å². The Bertz CT molecular complexity index is 966. The normalized spacial score (nSPS) is 12.1. The maximum Gasteiger partial charge on any atom is 0.255 e. The summed E-state index contributed by atoms with van der Waals surface area (Å²) in [5.41, 5.74) is 6.72. The average molecular weight is 392 g/mol. The maximum atomic E-state index is 13.6. The molecular weight excluding hydrogens is 375 g/mol. The van der Waals surface area contributed by atoms with Gasteiger partial charge in [0, 0.05) is 0 Å². The van der Waals surface area contributed by atoms with E-state index in [-0.39, 0.29) is 30.3 Å². The maximum absolute atomic E-state index is 13.6. The highest BCUT2D eigenvalue weighted by Crippen LogP contribution is 2.29. The minimum Gasteiger partial charge on any atom is -0.476 e. The number of halogens is 1. The van der Waals surface area contributed by atoms with Gasteiger partial charge >= 0.3 is 0 Å². The van der Waals surface area contributed by atoms with Gasteiger partial charge in [-0.3, -0.25) is 10.1 Å². The number of hydrogen-bond acceptors (Lipinski definition) is 9. The van der Waals surface area contributed by atoms with Crippen LogP contribution in [0, 0.1) is 5.82 Å². The lowest BCUT2D eigenvalue weighted by Crippen LogP contribution is -2.26.